The van der Waals surface area contributed by atoms with E-state index in [1.54, 1.807) is 0 Å². The van der Waals surface area contributed by atoms with Crippen LogP contribution < -0.4 is 0 Å². The Hall–Kier alpha value is 0.288. The third-order valence-corrected chi connectivity index (χ3v) is 12.5. The van der Waals surface area contributed by atoms with Crippen LogP contribution in [0.4, 0.5) is 0 Å². The van der Waals surface area contributed by atoms with E-state index in [1.165, 1.54) is 0 Å². The lowest BCUT2D eigenvalue weighted by molar-refractivity contribution is 0.118. The smallest absolute Gasteiger partial charge is 0.486 e. The highest BCUT2D eigenvalue weighted by Gasteiger charge is 2.55. The molecule has 0 spiro atoms. The zero-order valence-corrected chi connectivity index (χ0v) is 18.8. The van der Waals surface area contributed by atoms with Crippen molar-refractivity contribution in [2.24, 2.45) is 0 Å². The van der Waals surface area contributed by atoms with Gasteiger partial charge >= 0.3 is 9.05 Å². The van der Waals surface area contributed by atoms with Crippen LogP contribution in [0.5, 0.6) is 0 Å². The first-order valence-electron chi connectivity index (χ1n) is 6.99. The lowest BCUT2D eigenvalue weighted by Crippen LogP contribution is -2.62. The average Bonchev–Trinajstić information content (AvgIpc) is 1.86. The molecule has 0 unspecified atom stereocenters. The molecule has 0 aromatic heterocycles. The number of hydrogen-bond acceptors (Lipinski definition) is 4. The average molecular weight is 353 g/mol. The summed E-state index contributed by atoms with van der Waals surface area (Å²) in [6.07, 6.45) is 0. The zero-order valence-electron chi connectivity index (χ0n) is 14.8. The Labute approximate surface area is 129 Å². The van der Waals surface area contributed by atoms with Gasteiger partial charge in [0.25, 0.3) is 0 Å². The maximum atomic E-state index is 6.31. The van der Waals surface area contributed by atoms with E-state index >= 15 is 0 Å². The van der Waals surface area contributed by atoms with Crippen molar-refractivity contribution < 1.29 is 16.8 Å². The van der Waals surface area contributed by atoms with Gasteiger partial charge in [0, 0.05) is 0 Å². The first-order valence-corrected chi connectivity index (χ1v) is 18.8. The van der Waals surface area contributed by atoms with Crippen molar-refractivity contribution in [3.8, 4) is 0 Å². The first kappa shape index (κ1) is 20.3. The largest absolute Gasteiger partial charge is 0.717 e. The number of allylic oxidation sites excluding steroid dienone is 1. The fourth-order valence-electron chi connectivity index (χ4n) is 1.46. The van der Waals surface area contributed by atoms with Gasteiger partial charge in [0.15, 0.2) is 25.0 Å². The SMILES string of the molecule is C=C(C)O[Si](O[Si](C)(C)C)(O[Si](C)(C)C)O[Si](C)(C)C. The maximum Gasteiger partial charge on any atom is 0.717 e. The summed E-state index contributed by atoms with van der Waals surface area (Å²) in [6, 6.07) is 0. The Bertz CT molecular complexity index is 298. The molecule has 0 saturated heterocycles. The van der Waals surface area contributed by atoms with E-state index in [2.05, 4.69) is 65.5 Å². The summed E-state index contributed by atoms with van der Waals surface area (Å²) in [4.78, 5) is 0. The highest BCUT2D eigenvalue weighted by Crippen LogP contribution is 2.28. The van der Waals surface area contributed by atoms with Crippen molar-refractivity contribution in [1.82, 2.24) is 0 Å². The topological polar surface area (TPSA) is 36.9 Å². The normalized spacial score (nSPS) is 14.3. The Morgan fingerprint density at radius 1 is 0.650 bits per heavy atom. The molecule has 0 aliphatic rings. The molecule has 0 aromatic rings. The lowest BCUT2D eigenvalue weighted by Gasteiger charge is -2.40. The van der Waals surface area contributed by atoms with Crippen LogP contribution in [0.15, 0.2) is 12.3 Å². The monoisotopic (exact) mass is 352 g/mol. The van der Waals surface area contributed by atoms with Crippen molar-refractivity contribution in [2.75, 3.05) is 0 Å². The van der Waals surface area contributed by atoms with Crippen LogP contribution in [0.3, 0.4) is 0 Å². The molecular formula is C12H32O4Si4. The van der Waals surface area contributed by atoms with E-state index in [-0.39, 0.29) is 0 Å². The summed E-state index contributed by atoms with van der Waals surface area (Å²) in [6.45, 7) is 24.8. The number of hydrogen-bond donors (Lipinski definition) is 0. The van der Waals surface area contributed by atoms with E-state index in [0.29, 0.717) is 5.76 Å². The van der Waals surface area contributed by atoms with Gasteiger partial charge in [0.2, 0.25) is 0 Å². The fraction of sp³-hybridized carbons (Fsp3) is 0.833. The second-order valence-corrected chi connectivity index (χ2v) is 24.3. The number of rotatable bonds is 8. The predicted octanol–water partition coefficient (Wildman–Crippen LogP) is 4.53. The molecule has 4 nitrogen and oxygen atoms in total. The van der Waals surface area contributed by atoms with Gasteiger partial charge < -0.3 is 16.8 Å². The molecule has 0 fully saturated rings. The van der Waals surface area contributed by atoms with Crippen LogP contribution in [0.2, 0.25) is 58.9 Å². The summed E-state index contributed by atoms with van der Waals surface area (Å²) < 4.78 is 24.9. The van der Waals surface area contributed by atoms with Gasteiger partial charge in [-0.3, -0.25) is 0 Å². The highest BCUT2D eigenvalue weighted by molar-refractivity contribution is 6.87. The van der Waals surface area contributed by atoms with Crippen LogP contribution in [0.25, 0.3) is 0 Å². The van der Waals surface area contributed by atoms with Gasteiger partial charge in [-0.2, -0.15) is 0 Å². The summed E-state index contributed by atoms with van der Waals surface area (Å²) in [5, 5.41) is 0. The Morgan fingerprint density at radius 2 is 0.900 bits per heavy atom. The Kier molecular flexibility index (Phi) is 6.68. The molecule has 0 radical (unpaired) electrons. The molecule has 20 heavy (non-hydrogen) atoms. The van der Waals surface area contributed by atoms with Gasteiger partial charge in [0.05, 0.1) is 5.76 Å². The minimum atomic E-state index is -3.18. The van der Waals surface area contributed by atoms with Crippen LogP contribution in [-0.2, 0) is 16.8 Å². The Morgan fingerprint density at radius 3 is 1.05 bits per heavy atom. The molecule has 0 N–H and O–H groups in total. The standard InChI is InChI=1S/C12H32O4Si4/c1-12(2)13-20(14-17(3,4)5,15-18(6,7)8)16-19(9,10)11/h1H2,2-11H3. The highest BCUT2D eigenvalue weighted by atomic mass is 28.5. The Balaban J connectivity index is 5.56. The predicted molar refractivity (Wildman–Crippen MR) is 94.9 cm³/mol. The molecular weight excluding hydrogens is 320 g/mol. The van der Waals surface area contributed by atoms with Crippen LogP contribution >= 0.6 is 0 Å². The molecule has 0 heterocycles. The summed E-state index contributed by atoms with van der Waals surface area (Å²) in [5.74, 6) is 0.589. The van der Waals surface area contributed by atoms with Crippen LogP contribution in [0.1, 0.15) is 6.92 Å². The lowest BCUT2D eigenvalue weighted by atomic mass is 10.7. The third-order valence-electron chi connectivity index (χ3n) is 1.59. The quantitative estimate of drug-likeness (QED) is 0.475. The van der Waals surface area contributed by atoms with Gasteiger partial charge in [-0.15, -0.1) is 0 Å². The molecule has 0 rings (SSSR count). The van der Waals surface area contributed by atoms with Gasteiger partial charge in [-0.1, -0.05) is 6.58 Å². The van der Waals surface area contributed by atoms with E-state index in [9.17, 15) is 0 Å². The first-order chi connectivity index (χ1) is 8.54. The van der Waals surface area contributed by atoms with Crippen LogP contribution in [-0.4, -0.2) is 34.0 Å². The summed E-state index contributed by atoms with van der Waals surface area (Å²) >= 11 is 0. The van der Waals surface area contributed by atoms with Crippen LogP contribution in [0, 0.1) is 0 Å². The maximum absolute atomic E-state index is 6.31. The van der Waals surface area contributed by atoms with Gasteiger partial charge in [-0.05, 0) is 65.8 Å². The summed E-state index contributed by atoms with van der Waals surface area (Å²) in [7, 11) is -8.79. The minimum absolute atomic E-state index is 0.589. The van der Waals surface area contributed by atoms with Gasteiger partial charge in [-0.25, -0.2) is 0 Å². The molecule has 0 aromatic carbocycles. The molecule has 0 saturated carbocycles. The summed E-state index contributed by atoms with van der Waals surface area (Å²) in [5.41, 5.74) is 0. The van der Waals surface area contributed by atoms with Crippen molar-refractivity contribution >= 4 is 34.0 Å². The molecule has 0 bridgehead atoms. The van der Waals surface area contributed by atoms with E-state index in [1.807, 2.05) is 6.92 Å². The molecule has 120 valence electrons. The molecule has 0 atom stereocenters. The minimum Gasteiger partial charge on any atom is -0.486 e. The van der Waals surface area contributed by atoms with Gasteiger partial charge in [0.1, 0.15) is 0 Å². The molecule has 0 aliphatic carbocycles. The second-order valence-electron chi connectivity index (χ2n) is 7.95. The molecule has 8 heteroatoms. The van der Waals surface area contributed by atoms with Crippen molar-refractivity contribution in [3.63, 3.8) is 0 Å². The second kappa shape index (κ2) is 6.59. The third kappa shape index (κ3) is 10.1. The van der Waals surface area contributed by atoms with E-state index in [4.69, 9.17) is 16.8 Å². The van der Waals surface area contributed by atoms with E-state index in [0.717, 1.165) is 0 Å². The zero-order chi connectivity index (χ0) is 16.4. The molecule has 0 aliphatic heterocycles. The fourth-order valence-corrected chi connectivity index (χ4v) is 13.0. The molecule has 0 amide bonds. The van der Waals surface area contributed by atoms with E-state index < -0.39 is 34.0 Å². The van der Waals surface area contributed by atoms with Crippen molar-refractivity contribution in [2.45, 2.75) is 65.8 Å². The van der Waals surface area contributed by atoms with Crippen molar-refractivity contribution in [1.29, 1.82) is 0 Å². The van der Waals surface area contributed by atoms with Crippen molar-refractivity contribution in [3.05, 3.63) is 12.3 Å².